The molecule has 1 atom stereocenters. The van der Waals surface area contributed by atoms with Crippen LogP contribution in [-0.2, 0) is 0 Å². The Hall–Kier alpha value is -2.43. The Balaban J connectivity index is 1.82. The average molecular weight is 274 g/mol. The van der Waals surface area contributed by atoms with E-state index in [-0.39, 0.29) is 17.6 Å². The van der Waals surface area contributed by atoms with E-state index in [1.165, 1.54) is 30.3 Å². The Bertz CT molecular complexity index is 668. The third kappa shape index (κ3) is 2.34. The quantitative estimate of drug-likeness (QED) is 0.883. The molecule has 1 aliphatic rings. The van der Waals surface area contributed by atoms with Crippen molar-refractivity contribution in [3.63, 3.8) is 0 Å². The van der Waals surface area contributed by atoms with Gasteiger partial charge < -0.3 is 10.5 Å². The van der Waals surface area contributed by atoms with Crippen LogP contribution < -0.4 is 5.43 Å². The molecule has 0 saturated carbocycles. The molecule has 5 heteroatoms. The number of rotatable bonds is 2. The minimum atomic E-state index is -0.425. The minimum Gasteiger partial charge on any atom is -0.507 e. The number of phenols is 1. The topological polar surface area (TPSA) is 44.6 Å². The lowest BCUT2D eigenvalue weighted by atomic mass is 9.98. The molecular weight excluding hydrogens is 262 g/mol. The van der Waals surface area contributed by atoms with Gasteiger partial charge in [-0.1, -0.05) is 12.1 Å². The lowest BCUT2D eigenvalue weighted by molar-refractivity contribution is 0.471. The largest absolute Gasteiger partial charge is 0.507 e. The van der Waals surface area contributed by atoms with Gasteiger partial charge in [0.1, 0.15) is 17.4 Å². The van der Waals surface area contributed by atoms with E-state index in [1.54, 1.807) is 12.1 Å². The van der Waals surface area contributed by atoms with Crippen molar-refractivity contribution in [2.24, 2.45) is 5.10 Å². The van der Waals surface area contributed by atoms with Crippen LogP contribution in [0.3, 0.4) is 0 Å². The first-order valence-electron chi connectivity index (χ1n) is 6.20. The molecule has 0 aromatic heterocycles. The Labute approximate surface area is 114 Å². The van der Waals surface area contributed by atoms with Crippen LogP contribution in [0.25, 0.3) is 0 Å². The number of hydrazone groups is 1. The number of nitrogens with one attached hydrogen (secondary N) is 1. The van der Waals surface area contributed by atoms with Gasteiger partial charge in [-0.3, -0.25) is 0 Å². The van der Waals surface area contributed by atoms with E-state index < -0.39 is 5.82 Å². The summed E-state index contributed by atoms with van der Waals surface area (Å²) in [5.74, 6) is -0.729. The summed E-state index contributed by atoms with van der Waals surface area (Å²) in [5, 5.41) is 13.9. The van der Waals surface area contributed by atoms with Crippen molar-refractivity contribution in [1.29, 1.82) is 0 Å². The SMILES string of the molecule is Oc1ccc(F)cc1C1=NN[C@H](c2ccc(F)cc2)C1. The van der Waals surface area contributed by atoms with E-state index >= 15 is 0 Å². The fraction of sp³-hybridized carbons (Fsp3) is 0.133. The molecule has 2 N–H and O–H groups in total. The van der Waals surface area contributed by atoms with Gasteiger partial charge in [0.2, 0.25) is 0 Å². The van der Waals surface area contributed by atoms with Crippen LogP contribution in [-0.4, -0.2) is 10.8 Å². The highest BCUT2D eigenvalue weighted by atomic mass is 19.1. The predicted octanol–water partition coefficient (Wildman–Crippen LogP) is 3.11. The summed E-state index contributed by atoms with van der Waals surface area (Å²) in [6.45, 7) is 0. The zero-order chi connectivity index (χ0) is 14.1. The third-order valence-corrected chi connectivity index (χ3v) is 3.29. The molecule has 2 aromatic rings. The second kappa shape index (κ2) is 4.92. The Morgan fingerprint density at radius 2 is 1.75 bits per heavy atom. The Morgan fingerprint density at radius 1 is 1.05 bits per heavy atom. The molecule has 0 spiro atoms. The fourth-order valence-electron chi connectivity index (χ4n) is 2.24. The molecular formula is C15H12F2N2O. The van der Waals surface area contributed by atoms with Gasteiger partial charge in [-0.05, 0) is 35.9 Å². The maximum absolute atomic E-state index is 13.2. The molecule has 3 rings (SSSR count). The molecule has 0 unspecified atom stereocenters. The summed E-state index contributed by atoms with van der Waals surface area (Å²) in [6, 6.07) is 9.77. The van der Waals surface area contributed by atoms with E-state index in [2.05, 4.69) is 10.5 Å². The van der Waals surface area contributed by atoms with Crippen molar-refractivity contribution in [3.05, 3.63) is 65.2 Å². The highest BCUT2D eigenvalue weighted by Crippen LogP contribution is 2.28. The number of aromatic hydroxyl groups is 1. The van der Waals surface area contributed by atoms with Crippen molar-refractivity contribution in [3.8, 4) is 5.75 Å². The van der Waals surface area contributed by atoms with Crippen LogP contribution >= 0.6 is 0 Å². The molecule has 20 heavy (non-hydrogen) atoms. The van der Waals surface area contributed by atoms with E-state index in [1.807, 2.05) is 0 Å². The number of phenolic OH excluding ortho intramolecular Hbond substituents is 1. The molecule has 1 aliphatic heterocycles. The summed E-state index contributed by atoms with van der Waals surface area (Å²) in [4.78, 5) is 0. The van der Waals surface area contributed by atoms with E-state index in [0.29, 0.717) is 17.7 Å². The van der Waals surface area contributed by atoms with Gasteiger partial charge in [-0.15, -0.1) is 0 Å². The first kappa shape index (κ1) is 12.6. The van der Waals surface area contributed by atoms with Crippen LogP contribution in [0.4, 0.5) is 8.78 Å². The van der Waals surface area contributed by atoms with Gasteiger partial charge in [0.15, 0.2) is 0 Å². The van der Waals surface area contributed by atoms with Crippen LogP contribution in [0.15, 0.2) is 47.6 Å². The van der Waals surface area contributed by atoms with E-state index in [9.17, 15) is 13.9 Å². The monoisotopic (exact) mass is 274 g/mol. The molecule has 3 nitrogen and oxygen atoms in total. The summed E-state index contributed by atoms with van der Waals surface area (Å²) >= 11 is 0. The van der Waals surface area contributed by atoms with Crippen molar-refractivity contribution in [2.45, 2.75) is 12.5 Å². The normalized spacial score (nSPS) is 17.7. The predicted molar refractivity (Wildman–Crippen MR) is 71.5 cm³/mol. The standard InChI is InChI=1S/C15H12F2N2O/c16-10-3-1-9(2-4-10)13-8-14(19-18-13)12-7-11(17)5-6-15(12)20/h1-7,13,18,20H,8H2/t13-/m0/s1. The maximum atomic E-state index is 13.2. The molecule has 0 amide bonds. The first-order valence-corrected chi connectivity index (χ1v) is 6.20. The maximum Gasteiger partial charge on any atom is 0.124 e. The summed E-state index contributed by atoms with van der Waals surface area (Å²) < 4.78 is 26.1. The van der Waals surface area contributed by atoms with Crippen molar-refractivity contribution in [2.75, 3.05) is 0 Å². The minimum absolute atomic E-state index is 0.00768. The van der Waals surface area contributed by atoms with Gasteiger partial charge in [0.05, 0.1) is 11.8 Å². The average Bonchev–Trinajstić information content (AvgIpc) is 2.92. The Morgan fingerprint density at radius 3 is 2.50 bits per heavy atom. The second-order valence-corrected chi connectivity index (χ2v) is 4.66. The fourth-order valence-corrected chi connectivity index (χ4v) is 2.24. The van der Waals surface area contributed by atoms with Crippen LogP contribution in [0.2, 0.25) is 0 Å². The second-order valence-electron chi connectivity index (χ2n) is 4.66. The zero-order valence-corrected chi connectivity index (χ0v) is 10.5. The number of hydrogen-bond acceptors (Lipinski definition) is 3. The third-order valence-electron chi connectivity index (χ3n) is 3.29. The van der Waals surface area contributed by atoms with E-state index in [0.717, 1.165) is 5.56 Å². The van der Waals surface area contributed by atoms with Gasteiger partial charge >= 0.3 is 0 Å². The lowest BCUT2D eigenvalue weighted by Gasteiger charge is -2.10. The molecule has 2 aromatic carbocycles. The van der Waals surface area contributed by atoms with Gasteiger partial charge in [0.25, 0.3) is 0 Å². The highest BCUT2D eigenvalue weighted by Gasteiger charge is 2.23. The zero-order valence-electron chi connectivity index (χ0n) is 10.5. The van der Waals surface area contributed by atoms with Crippen molar-refractivity contribution in [1.82, 2.24) is 5.43 Å². The van der Waals surface area contributed by atoms with Crippen molar-refractivity contribution < 1.29 is 13.9 Å². The summed E-state index contributed by atoms with van der Waals surface area (Å²) in [5.41, 5.74) is 4.77. The molecule has 0 radical (unpaired) electrons. The van der Waals surface area contributed by atoms with Crippen LogP contribution in [0, 0.1) is 11.6 Å². The van der Waals surface area contributed by atoms with Gasteiger partial charge in [-0.25, -0.2) is 8.78 Å². The first-order chi connectivity index (χ1) is 9.63. The number of halogens is 2. The van der Waals surface area contributed by atoms with E-state index in [4.69, 9.17) is 0 Å². The molecule has 0 saturated heterocycles. The smallest absolute Gasteiger partial charge is 0.124 e. The molecule has 0 fully saturated rings. The van der Waals surface area contributed by atoms with Crippen LogP contribution in [0.5, 0.6) is 5.75 Å². The van der Waals surface area contributed by atoms with Crippen molar-refractivity contribution >= 4 is 5.71 Å². The Kier molecular flexibility index (Phi) is 3.10. The molecule has 1 heterocycles. The summed E-state index contributed by atoms with van der Waals surface area (Å²) in [7, 11) is 0. The summed E-state index contributed by atoms with van der Waals surface area (Å²) in [6.07, 6.45) is 0.503. The van der Waals surface area contributed by atoms with Crippen LogP contribution in [0.1, 0.15) is 23.6 Å². The van der Waals surface area contributed by atoms with Gasteiger partial charge in [0, 0.05) is 12.0 Å². The molecule has 102 valence electrons. The number of benzene rings is 2. The number of nitrogens with zero attached hydrogens (tertiary/aromatic N) is 1. The van der Waals surface area contributed by atoms with Gasteiger partial charge in [-0.2, -0.15) is 5.10 Å². The molecule has 0 bridgehead atoms. The number of hydrogen-bond donors (Lipinski definition) is 2. The lowest BCUT2D eigenvalue weighted by Crippen LogP contribution is -2.09. The highest BCUT2D eigenvalue weighted by molar-refractivity contribution is 6.03. The molecule has 0 aliphatic carbocycles.